The van der Waals surface area contributed by atoms with E-state index in [4.69, 9.17) is 5.73 Å². The number of nitrogens with two attached hydrogens (primary N) is 1. The Hall–Kier alpha value is -1.92. The fraction of sp³-hybridized carbons (Fsp3) is 0.600. The highest BCUT2D eigenvalue weighted by Crippen LogP contribution is 2.24. The molecule has 2 heterocycles. The van der Waals surface area contributed by atoms with Gasteiger partial charge in [-0.15, -0.1) is 10.2 Å². The Balaban J connectivity index is 2.12. The van der Waals surface area contributed by atoms with E-state index in [1.54, 1.807) is 22.1 Å². The molecule has 2 N–H and O–H groups in total. The lowest BCUT2D eigenvalue weighted by Gasteiger charge is -2.24. The molecule has 1 fully saturated rings. The Bertz CT molecular complexity index is 416. The minimum atomic E-state index is -0.510. The largest absolute Gasteiger partial charge is 0.368 e. The number of primary amides is 1. The van der Waals surface area contributed by atoms with Gasteiger partial charge in [0.15, 0.2) is 0 Å². The number of aromatic nitrogens is 3. The van der Waals surface area contributed by atoms with Gasteiger partial charge in [0.2, 0.25) is 11.8 Å². The average molecular weight is 237 g/mol. The summed E-state index contributed by atoms with van der Waals surface area (Å²) < 4.78 is 1.78. The third-order valence-electron chi connectivity index (χ3n) is 3.09. The Morgan fingerprint density at radius 3 is 2.76 bits per heavy atom. The van der Waals surface area contributed by atoms with E-state index < -0.39 is 11.9 Å². The second-order valence-electron chi connectivity index (χ2n) is 4.14. The molecule has 1 aliphatic rings. The smallest absolute Gasteiger partial charge is 0.240 e. The standard InChI is InChI=1S/C10H15N5O2/c1-2-8(10(11)17)15-4-7(3-9(15)16)14-5-12-13-6-14/h5-8H,2-4H2,1H3,(H2,11,17). The quantitative estimate of drug-likeness (QED) is 0.750. The first kappa shape index (κ1) is 11.6. The van der Waals surface area contributed by atoms with Crippen molar-refractivity contribution in [3.63, 3.8) is 0 Å². The predicted molar refractivity (Wildman–Crippen MR) is 58.7 cm³/mol. The third-order valence-corrected chi connectivity index (χ3v) is 3.09. The molecule has 0 bridgehead atoms. The Morgan fingerprint density at radius 1 is 1.59 bits per heavy atom. The molecule has 1 aromatic heterocycles. The number of amides is 2. The molecule has 2 unspecified atom stereocenters. The molecule has 1 aliphatic heterocycles. The van der Waals surface area contributed by atoms with E-state index in [1.807, 2.05) is 6.92 Å². The van der Waals surface area contributed by atoms with E-state index >= 15 is 0 Å². The zero-order chi connectivity index (χ0) is 12.4. The predicted octanol–water partition coefficient (Wildman–Crippen LogP) is -0.685. The van der Waals surface area contributed by atoms with E-state index in [0.717, 1.165) is 0 Å². The topological polar surface area (TPSA) is 94.1 Å². The van der Waals surface area contributed by atoms with Gasteiger partial charge in [-0.05, 0) is 6.42 Å². The summed E-state index contributed by atoms with van der Waals surface area (Å²) in [6.45, 7) is 2.33. The average Bonchev–Trinajstić information content (AvgIpc) is 2.89. The minimum Gasteiger partial charge on any atom is -0.368 e. The molecule has 1 saturated heterocycles. The lowest BCUT2D eigenvalue weighted by molar-refractivity contribution is -0.136. The highest BCUT2D eigenvalue weighted by molar-refractivity contribution is 5.87. The lowest BCUT2D eigenvalue weighted by Crippen LogP contribution is -2.45. The van der Waals surface area contributed by atoms with Crippen LogP contribution in [0.5, 0.6) is 0 Å². The Morgan fingerprint density at radius 2 is 2.24 bits per heavy atom. The van der Waals surface area contributed by atoms with Crippen LogP contribution < -0.4 is 5.73 Å². The second-order valence-corrected chi connectivity index (χ2v) is 4.14. The number of likely N-dealkylation sites (tertiary alicyclic amines) is 1. The SMILES string of the molecule is CCC(C(N)=O)N1CC(n2cnnc2)CC1=O. The van der Waals surface area contributed by atoms with Crippen LogP contribution in [-0.4, -0.2) is 44.1 Å². The summed E-state index contributed by atoms with van der Waals surface area (Å²) in [5.74, 6) is -0.500. The fourth-order valence-electron chi connectivity index (χ4n) is 2.19. The van der Waals surface area contributed by atoms with Crippen molar-refractivity contribution < 1.29 is 9.59 Å². The summed E-state index contributed by atoms with van der Waals surface area (Å²) in [4.78, 5) is 24.7. The maximum Gasteiger partial charge on any atom is 0.240 e. The Kier molecular flexibility index (Phi) is 3.08. The van der Waals surface area contributed by atoms with Crippen molar-refractivity contribution in [3.8, 4) is 0 Å². The molecule has 2 atom stereocenters. The monoisotopic (exact) mass is 237 g/mol. The molecule has 0 aliphatic carbocycles. The Labute approximate surface area is 98.6 Å². The van der Waals surface area contributed by atoms with Crippen molar-refractivity contribution in [2.24, 2.45) is 5.73 Å². The zero-order valence-electron chi connectivity index (χ0n) is 9.61. The highest BCUT2D eigenvalue weighted by atomic mass is 16.2. The van der Waals surface area contributed by atoms with Gasteiger partial charge in [0.1, 0.15) is 18.7 Å². The van der Waals surface area contributed by atoms with Crippen LogP contribution in [0.4, 0.5) is 0 Å². The fourth-order valence-corrected chi connectivity index (χ4v) is 2.19. The van der Waals surface area contributed by atoms with Crippen molar-refractivity contribution in [3.05, 3.63) is 12.7 Å². The van der Waals surface area contributed by atoms with Gasteiger partial charge in [0.25, 0.3) is 0 Å². The number of nitrogens with zero attached hydrogens (tertiary/aromatic N) is 4. The molecule has 0 radical (unpaired) electrons. The van der Waals surface area contributed by atoms with Crippen molar-refractivity contribution in [2.75, 3.05) is 6.54 Å². The molecular formula is C10H15N5O2. The molecule has 2 amide bonds. The van der Waals surface area contributed by atoms with Gasteiger partial charge in [-0.1, -0.05) is 6.92 Å². The summed E-state index contributed by atoms with van der Waals surface area (Å²) in [6.07, 6.45) is 4.05. The summed E-state index contributed by atoms with van der Waals surface area (Å²) in [6, 6.07) is -0.519. The number of hydrogen-bond acceptors (Lipinski definition) is 4. The van der Waals surface area contributed by atoms with Crippen molar-refractivity contribution in [2.45, 2.75) is 31.8 Å². The van der Waals surface area contributed by atoms with Crippen molar-refractivity contribution in [1.29, 1.82) is 0 Å². The van der Waals surface area contributed by atoms with E-state index in [2.05, 4.69) is 10.2 Å². The van der Waals surface area contributed by atoms with Gasteiger partial charge in [-0.2, -0.15) is 0 Å². The van der Waals surface area contributed by atoms with Crippen LogP contribution in [0.25, 0.3) is 0 Å². The molecule has 92 valence electrons. The van der Waals surface area contributed by atoms with Gasteiger partial charge in [-0.25, -0.2) is 0 Å². The van der Waals surface area contributed by atoms with Gasteiger partial charge < -0.3 is 15.2 Å². The van der Waals surface area contributed by atoms with E-state index in [0.29, 0.717) is 19.4 Å². The van der Waals surface area contributed by atoms with Crippen LogP contribution in [-0.2, 0) is 9.59 Å². The maximum absolute atomic E-state index is 11.8. The van der Waals surface area contributed by atoms with Gasteiger partial charge in [0.05, 0.1) is 6.04 Å². The zero-order valence-corrected chi connectivity index (χ0v) is 9.61. The second kappa shape index (κ2) is 4.52. The van der Waals surface area contributed by atoms with Crippen LogP contribution in [0.15, 0.2) is 12.7 Å². The lowest BCUT2D eigenvalue weighted by atomic mass is 10.2. The first-order valence-electron chi connectivity index (χ1n) is 5.56. The molecular weight excluding hydrogens is 222 g/mol. The van der Waals surface area contributed by atoms with Crippen LogP contribution >= 0.6 is 0 Å². The molecule has 0 spiro atoms. The molecule has 0 aromatic carbocycles. The van der Waals surface area contributed by atoms with E-state index in [1.165, 1.54) is 0 Å². The molecule has 17 heavy (non-hydrogen) atoms. The number of carbonyl (C=O) groups excluding carboxylic acids is 2. The van der Waals surface area contributed by atoms with Crippen LogP contribution in [0.2, 0.25) is 0 Å². The van der Waals surface area contributed by atoms with Gasteiger partial charge >= 0.3 is 0 Å². The molecule has 7 heteroatoms. The maximum atomic E-state index is 11.8. The molecule has 1 aromatic rings. The number of rotatable bonds is 4. The highest BCUT2D eigenvalue weighted by Gasteiger charge is 2.36. The molecule has 7 nitrogen and oxygen atoms in total. The first-order chi connectivity index (χ1) is 8.13. The third kappa shape index (κ3) is 2.13. The summed E-state index contributed by atoms with van der Waals surface area (Å²) >= 11 is 0. The van der Waals surface area contributed by atoms with E-state index in [-0.39, 0.29) is 11.9 Å². The van der Waals surface area contributed by atoms with Crippen LogP contribution in [0.3, 0.4) is 0 Å². The summed E-state index contributed by atoms with van der Waals surface area (Å²) in [5.41, 5.74) is 5.29. The number of carbonyl (C=O) groups is 2. The van der Waals surface area contributed by atoms with E-state index in [9.17, 15) is 9.59 Å². The minimum absolute atomic E-state index is 0.00843. The molecule has 0 saturated carbocycles. The van der Waals surface area contributed by atoms with Crippen LogP contribution in [0, 0.1) is 0 Å². The number of hydrogen-bond donors (Lipinski definition) is 1. The normalized spacial score (nSPS) is 21.8. The first-order valence-corrected chi connectivity index (χ1v) is 5.56. The summed E-state index contributed by atoms with van der Waals surface area (Å²) in [7, 11) is 0. The van der Waals surface area contributed by atoms with Crippen LogP contribution in [0.1, 0.15) is 25.8 Å². The van der Waals surface area contributed by atoms with Gasteiger partial charge in [-0.3, -0.25) is 9.59 Å². The summed E-state index contributed by atoms with van der Waals surface area (Å²) in [5, 5.41) is 7.42. The molecule has 2 rings (SSSR count). The van der Waals surface area contributed by atoms with Crippen molar-refractivity contribution in [1.82, 2.24) is 19.7 Å². The van der Waals surface area contributed by atoms with Crippen molar-refractivity contribution >= 4 is 11.8 Å². The van der Waals surface area contributed by atoms with Gasteiger partial charge in [0, 0.05) is 13.0 Å².